The van der Waals surface area contributed by atoms with Gasteiger partial charge in [0.1, 0.15) is 0 Å². The molecule has 0 heterocycles. The van der Waals surface area contributed by atoms with Crippen LogP contribution in [0, 0.1) is 11.8 Å². The molecule has 0 N–H and O–H groups in total. The van der Waals surface area contributed by atoms with Crippen LogP contribution in [0.4, 0.5) is 0 Å². The van der Waals surface area contributed by atoms with Gasteiger partial charge in [-0.25, -0.2) is 0 Å². The molecule has 0 saturated heterocycles. The molecule has 1 aliphatic carbocycles. The first-order valence-corrected chi connectivity index (χ1v) is 8.76. The Hall–Kier alpha value is 0. The zero-order valence-electron chi connectivity index (χ0n) is 13.6. The Balaban J connectivity index is 0.000000411. The molecule has 110 valence electrons. The number of rotatable bonds is 9. The van der Waals surface area contributed by atoms with Gasteiger partial charge in [0.25, 0.3) is 0 Å². The molecule has 1 saturated carbocycles. The molecule has 18 heavy (non-hydrogen) atoms. The topological polar surface area (TPSA) is 0 Å². The van der Waals surface area contributed by atoms with Gasteiger partial charge in [0.2, 0.25) is 0 Å². The molecule has 0 bridgehead atoms. The second-order valence-corrected chi connectivity index (χ2v) is 6.22. The average Bonchev–Trinajstić information content (AvgIpc) is 2.39. The van der Waals surface area contributed by atoms with Gasteiger partial charge in [0.15, 0.2) is 0 Å². The molecule has 0 nitrogen and oxygen atoms in total. The summed E-state index contributed by atoms with van der Waals surface area (Å²) in [7, 11) is 0. The fourth-order valence-electron chi connectivity index (χ4n) is 2.67. The molecule has 1 aliphatic rings. The fraction of sp³-hybridized carbons (Fsp3) is 1.00. The number of unbranched alkanes of at least 4 members (excludes halogenated alkanes) is 7. The first-order valence-electron chi connectivity index (χ1n) is 8.76. The molecule has 0 aromatic heterocycles. The molecule has 0 aliphatic heterocycles. The second-order valence-electron chi connectivity index (χ2n) is 6.22. The molecule has 0 amide bonds. The Kier molecular flexibility index (Phi) is 13.4. The van der Waals surface area contributed by atoms with Crippen LogP contribution < -0.4 is 0 Å². The Bertz CT molecular complexity index is 146. The third kappa shape index (κ3) is 9.97. The molecule has 1 fully saturated rings. The van der Waals surface area contributed by atoms with E-state index in [0.29, 0.717) is 0 Å². The number of hydrogen-bond donors (Lipinski definition) is 0. The van der Waals surface area contributed by atoms with Gasteiger partial charge in [-0.3, -0.25) is 0 Å². The minimum atomic E-state index is 1.05. The van der Waals surface area contributed by atoms with Crippen LogP contribution in [0.2, 0.25) is 0 Å². The van der Waals surface area contributed by atoms with E-state index in [1.165, 1.54) is 77.0 Å². The highest BCUT2D eigenvalue weighted by Gasteiger charge is 2.25. The van der Waals surface area contributed by atoms with Crippen LogP contribution in [0.5, 0.6) is 0 Å². The highest BCUT2D eigenvalue weighted by molar-refractivity contribution is 4.76. The van der Waals surface area contributed by atoms with Crippen molar-refractivity contribution in [1.82, 2.24) is 0 Å². The van der Waals surface area contributed by atoms with Gasteiger partial charge in [-0.15, -0.1) is 0 Å². The standard InChI is InChI=1S/C12H24.C6H14/c1-3-4-5-6-7-8-12-10-9-11(12)2;1-3-5-6-4-2/h11-12H,3-10H2,1-2H3;3-6H2,1-2H3. The van der Waals surface area contributed by atoms with Gasteiger partial charge >= 0.3 is 0 Å². The van der Waals surface area contributed by atoms with Crippen molar-refractivity contribution in [2.75, 3.05) is 0 Å². The van der Waals surface area contributed by atoms with Crippen molar-refractivity contribution < 1.29 is 0 Å². The van der Waals surface area contributed by atoms with Gasteiger partial charge in [0, 0.05) is 0 Å². The molecule has 0 heteroatoms. The smallest absolute Gasteiger partial charge is 0.0388 e. The third-order valence-corrected chi connectivity index (χ3v) is 4.43. The fourth-order valence-corrected chi connectivity index (χ4v) is 2.67. The third-order valence-electron chi connectivity index (χ3n) is 4.43. The maximum Gasteiger partial charge on any atom is -0.0388 e. The maximum absolute atomic E-state index is 2.42. The predicted molar refractivity (Wildman–Crippen MR) is 85.1 cm³/mol. The van der Waals surface area contributed by atoms with Crippen LogP contribution in [-0.2, 0) is 0 Å². The molecule has 0 radical (unpaired) electrons. The van der Waals surface area contributed by atoms with Crippen LogP contribution in [-0.4, -0.2) is 0 Å². The number of hydrogen-bond acceptors (Lipinski definition) is 0. The summed E-state index contributed by atoms with van der Waals surface area (Å²) < 4.78 is 0. The minimum absolute atomic E-state index is 1.05. The van der Waals surface area contributed by atoms with Gasteiger partial charge in [-0.05, 0) is 18.3 Å². The minimum Gasteiger partial charge on any atom is -0.0654 e. The van der Waals surface area contributed by atoms with Crippen molar-refractivity contribution in [3.8, 4) is 0 Å². The zero-order chi connectivity index (χ0) is 13.6. The van der Waals surface area contributed by atoms with Crippen molar-refractivity contribution in [3.05, 3.63) is 0 Å². The lowest BCUT2D eigenvalue weighted by Gasteiger charge is -2.33. The summed E-state index contributed by atoms with van der Waals surface area (Å²) in [5, 5.41) is 0. The summed E-state index contributed by atoms with van der Waals surface area (Å²) in [4.78, 5) is 0. The van der Waals surface area contributed by atoms with Crippen molar-refractivity contribution in [1.29, 1.82) is 0 Å². The maximum atomic E-state index is 2.42. The normalized spacial score (nSPS) is 22.0. The molecular weight excluding hydrogens is 216 g/mol. The van der Waals surface area contributed by atoms with E-state index in [-0.39, 0.29) is 0 Å². The Labute approximate surface area is 117 Å². The summed E-state index contributed by atoms with van der Waals surface area (Å²) >= 11 is 0. The van der Waals surface area contributed by atoms with Crippen LogP contribution in [0.1, 0.15) is 105 Å². The van der Waals surface area contributed by atoms with Gasteiger partial charge < -0.3 is 0 Å². The Morgan fingerprint density at radius 2 is 1.17 bits per heavy atom. The van der Waals surface area contributed by atoms with Crippen LogP contribution >= 0.6 is 0 Å². The molecular formula is C18H38. The summed E-state index contributed by atoms with van der Waals surface area (Å²) in [6.45, 7) is 9.17. The summed E-state index contributed by atoms with van der Waals surface area (Å²) in [6, 6.07) is 0. The van der Waals surface area contributed by atoms with Crippen LogP contribution in [0.15, 0.2) is 0 Å². The van der Waals surface area contributed by atoms with Crippen molar-refractivity contribution in [2.24, 2.45) is 11.8 Å². The summed E-state index contributed by atoms with van der Waals surface area (Å²) in [6.07, 6.45) is 17.3. The van der Waals surface area contributed by atoms with E-state index in [1.54, 1.807) is 0 Å². The average molecular weight is 255 g/mol. The first kappa shape index (κ1) is 18.0. The molecule has 0 aromatic rings. The van der Waals surface area contributed by atoms with E-state index in [1.807, 2.05) is 0 Å². The van der Waals surface area contributed by atoms with Crippen LogP contribution in [0.25, 0.3) is 0 Å². The van der Waals surface area contributed by atoms with Gasteiger partial charge in [-0.2, -0.15) is 0 Å². The van der Waals surface area contributed by atoms with E-state index in [2.05, 4.69) is 27.7 Å². The van der Waals surface area contributed by atoms with E-state index in [9.17, 15) is 0 Å². The van der Waals surface area contributed by atoms with E-state index >= 15 is 0 Å². The van der Waals surface area contributed by atoms with E-state index < -0.39 is 0 Å². The summed E-state index contributed by atoms with van der Waals surface area (Å²) in [5.41, 5.74) is 0. The van der Waals surface area contributed by atoms with Crippen molar-refractivity contribution in [3.63, 3.8) is 0 Å². The molecule has 2 atom stereocenters. The Morgan fingerprint density at radius 1 is 0.667 bits per heavy atom. The lowest BCUT2D eigenvalue weighted by Crippen LogP contribution is -2.22. The van der Waals surface area contributed by atoms with E-state index in [0.717, 1.165) is 11.8 Å². The van der Waals surface area contributed by atoms with Crippen molar-refractivity contribution >= 4 is 0 Å². The second kappa shape index (κ2) is 13.4. The van der Waals surface area contributed by atoms with Gasteiger partial charge in [-0.1, -0.05) is 98.3 Å². The lowest BCUT2D eigenvalue weighted by atomic mass is 9.72. The Morgan fingerprint density at radius 3 is 1.56 bits per heavy atom. The monoisotopic (exact) mass is 254 g/mol. The molecule has 1 rings (SSSR count). The highest BCUT2D eigenvalue weighted by Crippen LogP contribution is 2.37. The zero-order valence-corrected chi connectivity index (χ0v) is 13.6. The van der Waals surface area contributed by atoms with Crippen LogP contribution in [0.3, 0.4) is 0 Å². The predicted octanol–water partition coefficient (Wildman–Crippen LogP) is 6.98. The van der Waals surface area contributed by atoms with Gasteiger partial charge in [0.05, 0.1) is 0 Å². The lowest BCUT2D eigenvalue weighted by molar-refractivity contribution is 0.178. The first-order chi connectivity index (χ1) is 8.76. The molecule has 0 spiro atoms. The summed E-state index contributed by atoms with van der Waals surface area (Å²) in [5.74, 6) is 2.16. The largest absolute Gasteiger partial charge is 0.0654 e. The molecule has 2 unspecified atom stereocenters. The van der Waals surface area contributed by atoms with E-state index in [4.69, 9.17) is 0 Å². The highest BCUT2D eigenvalue weighted by atomic mass is 14.3. The quantitative estimate of drug-likeness (QED) is 0.389. The molecule has 0 aromatic carbocycles. The SMILES string of the molecule is CCCCCC.CCCCCCCC1CCC1C. The van der Waals surface area contributed by atoms with Crippen molar-refractivity contribution in [2.45, 2.75) is 105 Å².